The number of hydrogen-bond acceptors (Lipinski definition) is 1. The fourth-order valence-electron chi connectivity index (χ4n) is 1.79. The van der Waals surface area contributed by atoms with Gasteiger partial charge in [0.05, 0.1) is 0 Å². The Morgan fingerprint density at radius 2 is 1.79 bits per heavy atom. The molecule has 2 rings (SSSR count). The lowest BCUT2D eigenvalue weighted by Crippen LogP contribution is -2.23. The smallest absolute Gasteiger partial charge is 0.0406 e. The lowest BCUT2D eigenvalue weighted by molar-refractivity contribution is 0.485. The van der Waals surface area contributed by atoms with Gasteiger partial charge < -0.3 is 4.90 Å². The molecule has 0 saturated carbocycles. The molecule has 1 nitrogen and oxygen atoms in total. The minimum absolute atomic E-state index is 0.315. The molecule has 0 atom stereocenters. The molecule has 0 bridgehead atoms. The maximum atomic E-state index is 2.33. The Balaban J connectivity index is 2.26. The molecule has 74 valence electrons. The first-order valence-electron chi connectivity index (χ1n) is 5.10. The molecular weight excluding hydrogens is 170 g/mol. The summed E-state index contributed by atoms with van der Waals surface area (Å²) in [5.41, 5.74) is 3.06. The van der Waals surface area contributed by atoms with Crippen molar-refractivity contribution in [3.8, 4) is 0 Å². The Hall–Kier alpha value is -1.24. The van der Waals surface area contributed by atoms with Crippen LogP contribution in [0, 0.1) is 5.41 Å². The van der Waals surface area contributed by atoms with E-state index in [0.29, 0.717) is 5.41 Å². The van der Waals surface area contributed by atoms with Crippen LogP contribution in [0.1, 0.15) is 20.8 Å². The highest BCUT2D eigenvalue weighted by molar-refractivity contribution is 5.52. The Morgan fingerprint density at radius 1 is 1.14 bits per heavy atom. The molecule has 0 fully saturated rings. The molecule has 0 spiro atoms. The highest BCUT2D eigenvalue weighted by Gasteiger charge is 2.29. The minimum atomic E-state index is 0.315. The summed E-state index contributed by atoms with van der Waals surface area (Å²) < 4.78 is 0. The summed E-state index contributed by atoms with van der Waals surface area (Å²) in [4.78, 5) is 2.33. The predicted octanol–water partition coefficient (Wildman–Crippen LogP) is 3.44. The second-order valence-electron chi connectivity index (χ2n) is 4.66. The molecule has 1 heteroatoms. The molecule has 1 heterocycles. The van der Waals surface area contributed by atoms with E-state index in [2.05, 4.69) is 62.2 Å². The molecule has 14 heavy (non-hydrogen) atoms. The predicted molar refractivity (Wildman–Crippen MR) is 61.3 cm³/mol. The molecule has 0 amide bonds. The van der Waals surface area contributed by atoms with Crippen molar-refractivity contribution in [3.05, 3.63) is 42.1 Å². The molecule has 0 radical (unpaired) electrons. The zero-order valence-corrected chi connectivity index (χ0v) is 9.12. The first-order valence-corrected chi connectivity index (χ1v) is 5.10. The molecule has 0 N–H and O–H groups in total. The van der Waals surface area contributed by atoms with Crippen molar-refractivity contribution in [2.45, 2.75) is 20.8 Å². The van der Waals surface area contributed by atoms with Gasteiger partial charge >= 0.3 is 0 Å². The molecule has 1 aliphatic heterocycles. The van der Waals surface area contributed by atoms with Gasteiger partial charge in [-0.25, -0.2) is 0 Å². The number of hydrogen-bond donors (Lipinski definition) is 0. The quantitative estimate of drug-likeness (QED) is 0.651. The van der Waals surface area contributed by atoms with Crippen molar-refractivity contribution in [3.63, 3.8) is 0 Å². The van der Waals surface area contributed by atoms with Crippen LogP contribution < -0.4 is 4.90 Å². The summed E-state index contributed by atoms with van der Waals surface area (Å²) in [7, 11) is 0. The summed E-state index contributed by atoms with van der Waals surface area (Å²) in [5, 5.41) is 0. The summed E-state index contributed by atoms with van der Waals surface area (Å²) in [6.45, 7) is 7.88. The zero-order valence-electron chi connectivity index (χ0n) is 9.12. The summed E-state index contributed by atoms with van der Waals surface area (Å²) in [5.74, 6) is 0. The molecule has 1 aromatic carbocycles. The van der Waals surface area contributed by atoms with E-state index in [4.69, 9.17) is 0 Å². The Kier molecular flexibility index (Phi) is 2.10. The van der Waals surface area contributed by atoms with Crippen molar-refractivity contribution in [2.75, 3.05) is 11.4 Å². The molecule has 1 aliphatic rings. The van der Waals surface area contributed by atoms with Crippen LogP contribution in [0.5, 0.6) is 0 Å². The normalized spacial score (nSPS) is 19.6. The second-order valence-corrected chi connectivity index (χ2v) is 4.66. The number of rotatable bonds is 1. The lowest BCUT2D eigenvalue weighted by atomic mass is 9.88. The van der Waals surface area contributed by atoms with Crippen LogP contribution in [0.15, 0.2) is 42.1 Å². The highest BCUT2D eigenvalue weighted by atomic mass is 15.1. The van der Waals surface area contributed by atoms with Gasteiger partial charge in [0.1, 0.15) is 0 Å². The van der Waals surface area contributed by atoms with Gasteiger partial charge in [-0.2, -0.15) is 0 Å². The van der Waals surface area contributed by atoms with E-state index in [1.165, 1.54) is 11.3 Å². The number of anilines is 1. The lowest BCUT2D eigenvalue weighted by Gasteiger charge is -2.23. The van der Waals surface area contributed by atoms with E-state index in [0.717, 1.165) is 6.54 Å². The van der Waals surface area contributed by atoms with Crippen molar-refractivity contribution < 1.29 is 0 Å². The molecule has 0 saturated heterocycles. The van der Waals surface area contributed by atoms with Gasteiger partial charge in [0.25, 0.3) is 0 Å². The summed E-state index contributed by atoms with van der Waals surface area (Å²) >= 11 is 0. The number of nitrogens with zero attached hydrogens (tertiary/aromatic N) is 1. The third-order valence-electron chi connectivity index (χ3n) is 3.07. The minimum Gasteiger partial charge on any atom is -0.347 e. The number of para-hydroxylation sites is 1. The van der Waals surface area contributed by atoms with Gasteiger partial charge in [0, 0.05) is 23.8 Å². The van der Waals surface area contributed by atoms with Crippen LogP contribution in [0.4, 0.5) is 5.69 Å². The van der Waals surface area contributed by atoms with E-state index in [1.54, 1.807) is 0 Å². The van der Waals surface area contributed by atoms with Gasteiger partial charge in [0.15, 0.2) is 0 Å². The average Bonchev–Trinajstić information content (AvgIpc) is 2.43. The fraction of sp³-hybridized carbons (Fsp3) is 0.385. The Bertz CT molecular complexity index is 349. The van der Waals surface area contributed by atoms with Crippen LogP contribution >= 0.6 is 0 Å². The van der Waals surface area contributed by atoms with E-state index < -0.39 is 0 Å². The van der Waals surface area contributed by atoms with Gasteiger partial charge in [-0.3, -0.25) is 0 Å². The van der Waals surface area contributed by atoms with Crippen LogP contribution in [0.25, 0.3) is 0 Å². The molecule has 0 aromatic heterocycles. The van der Waals surface area contributed by atoms with Gasteiger partial charge in [-0.05, 0) is 24.6 Å². The van der Waals surface area contributed by atoms with Gasteiger partial charge in [-0.15, -0.1) is 0 Å². The molecular formula is C13H17N. The molecule has 0 aliphatic carbocycles. The SMILES string of the molecule is CC1=CN(c2ccccc2)CC1(C)C. The molecule has 1 aromatic rings. The van der Waals surface area contributed by atoms with Crippen molar-refractivity contribution >= 4 is 5.69 Å². The van der Waals surface area contributed by atoms with Crippen LogP contribution in [-0.4, -0.2) is 6.54 Å². The van der Waals surface area contributed by atoms with Gasteiger partial charge in [0.2, 0.25) is 0 Å². The third-order valence-corrected chi connectivity index (χ3v) is 3.07. The van der Waals surface area contributed by atoms with Crippen LogP contribution in [0.2, 0.25) is 0 Å². The van der Waals surface area contributed by atoms with Crippen LogP contribution in [-0.2, 0) is 0 Å². The second kappa shape index (κ2) is 3.16. The standard InChI is InChI=1S/C13H17N/c1-11-9-14(10-13(11,2)3)12-7-5-4-6-8-12/h4-9H,10H2,1-3H3. The van der Waals surface area contributed by atoms with Gasteiger partial charge in [-0.1, -0.05) is 32.0 Å². The van der Waals surface area contributed by atoms with E-state index >= 15 is 0 Å². The fourth-order valence-corrected chi connectivity index (χ4v) is 1.79. The summed E-state index contributed by atoms with van der Waals surface area (Å²) in [6, 6.07) is 10.5. The zero-order chi connectivity index (χ0) is 10.2. The van der Waals surface area contributed by atoms with Crippen LogP contribution in [0.3, 0.4) is 0 Å². The monoisotopic (exact) mass is 187 g/mol. The topological polar surface area (TPSA) is 3.24 Å². The first kappa shape index (κ1) is 9.32. The third kappa shape index (κ3) is 1.54. The van der Waals surface area contributed by atoms with E-state index in [-0.39, 0.29) is 0 Å². The summed E-state index contributed by atoms with van der Waals surface area (Å²) in [6.07, 6.45) is 2.26. The largest absolute Gasteiger partial charge is 0.347 e. The Labute approximate surface area is 86.1 Å². The maximum absolute atomic E-state index is 2.33. The first-order chi connectivity index (χ1) is 6.59. The molecule has 0 unspecified atom stereocenters. The van der Waals surface area contributed by atoms with E-state index in [9.17, 15) is 0 Å². The average molecular weight is 187 g/mol. The number of benzene rings is 1. The van der Waals surface area contributed by atoms with Crippen molar-refractivity contribution in [1.29, 1.82) is 0 Å². The van der Waals surface area contributed by atoms with Crippen molar-refractivity contribution in [1.82, 2.24) is 0 Å². The maximum Gasteiger partial charge on any atom is 0.0406 e. The highest BCUT2D eigenvalue weighted by Crippen LogP contribution is 2.35. The van der Waals surface area contributed by atoms with Crippen molar-refractivity contribution in [2.24, 2.45) is 5.41 Å². The van der Waals surface area contributed by atoms with E-state index in [1.807, 2.05) is 0 Å². The Morgan fingerprint density at radius 3 is 2.29 bits per heavy atom.